The van der Waals surface area contributed by atoms with Crippen molar-refractivity contribution < 1.29 is 4.74 Å². The Balaban J connectivity index is 1.64. The largest absolute Gasteiger partial charge is 0.487 e. The lowest BCUT2D eigenvalue weighted by atomic mass is 9.91. The van der Waals surface area contributed by atoms with Crippen molar-refractivity contribution in [1.29, 1.82) is 5.26 Å². The van der Waals surface area contributed by atoms with Gasteiger partial charge in [-0.3, -0.25) is 4.98 Å². The quantitative estimate of drug-likeness (QED) is 0.745. The average molecular weight is 357 g/mol. The smallest absolute Gasteiger partial charge is 0.142 e. The van der Waals surface area contributed by atoms with Gasteiger partial charge in [0.15, 0.2) is 0 Å². The summed E-state index contributed by atoms with van der Waals surface area (Å²) >= 11 is 0. The highest BCUT2D eigenvalue weighted by atomic mass is 16.5. The average Bonchev–Trinajstić information content (AvgIpc) is 2.72. The van der Waals surface area contributed by atoms with Crippen LogP contribution in [0.5, 0.6) is 5.75 Å². The molecule has 0 atom stereocenters. The number of hydrogen-bond acceptors (Lipinski definition) is 6. The van der Waals surface area contributed by atoms with E-state index in [2.05, 4.69) is 21.4 Å². The van der Waals surface area contributed by atoms with E-state index in [1.165, 1.54) is 0 Å². The summed E-state index contributed by atoms with van der Waals surface area (Å²) in [7, 11) is 0. The summed E-state index contributed by atoms with van der Waals surface area (Å²) in [6, 6.07) is 15.7. The zero-order valence-electron chi connectivity index (χ0n) is 14.8. The van der Waals surface area contributed by atoms with Crippen LogP contribution in [0, 0.1) is 11.3 Å². The van der Waals surface area contributed by atoms with Crippen LogP contribution in [0.2, 0.25) is 0 Å². The molecule has 27 heavy (non-hydrogen) atoms. The first-order chi connectivity index (χ1) is 13.3. The molecule has 1 aliphatic heterocycles. The lowest BCUT2D eigenvalue weighted by Crippen LogP contribution is -2.26. The Morgan fingerprint density at radius 2 is 2.04 bits per heavy atom. The van der Waals surface area contributed by atoms with Gasteiger partial charge in [-0.2, -0.15) is 5.26 Å². The number of nitrogen functional groups attached to an aromatic ring is 1. The number of pyridine rings is 2. The highest BCUT2D eigenvalue weighted by molar-refractivity contribution is 5.79. The Bertz CT molecular complexity index is 994. The lowest BCUT2D eigenvalue weighted by Gasteiger charge is -2.22. The van der Waals surface area contributed by atoms with Gasteiger partial charge in [0.2, 0.25) is 0 Å². The molecule has 0 unspecified atom stereocenters. The normalized spacial score (nSPS) is 12.9. The third-order valence-electron chi connectivity index (χ3n) is 4.62. The van der Waals surface area contributed by atoms with Crippen LogP contribution in [0.3, 0.4) is 0 Å². The molecule has 0 radical (unpaired) electrons. The van der Waals surface area contributed by atoms with Crippen molar-refractivity contribution in [3.63, 3.8) is 0 Å². The van der Waals surface area contributed by atoms with Crippen molar-refractivity contribution in [2.45, 2.75) is 19.6 Å². The van der Waals surface area contributed by atoms with Gasteiger partial charge in [-0.15, -0.1) is 0 Å². The first-order valence-electron chi connectivity index (χ1n) is 8.81. The lowest BCUT2D eigenvalue weighted by molar-refractivity contribution is 0.301. The number of aromatic nitrogens is 2. The number of nitrogens with one attached hydrogen (secondary N) is 1. The van der Waals surface area contributed by atoms with E-state index in [0.29, 0.717) is 24.5 Å². The molecular weight excluding hydrogens is 338 g/mol. The molecular formula is C21H19N5O. The minimum atomic E-state index is 0.295. The molecule has 3 heterocycles. The molecule has 0 saturated heterocycles. The van der Waals surface area contributed by atoms with Crippen LogP contribution in [0.4, 0.5) is 5.82 Å². The maximum atomic E-state index is 9.60. The molecule has 1 aliphatic rings. The van der Waals surface area contributed by atoms with Gasteiger partial charge in [0, 0.05) is 37.0 Å². The number of benzene rings is 1. The van der Waals surface area contributed by atoms with Crippen LogP contribution < -0.4 is 15.8 Å². The molecule has 0 amide bonds. The Hall–Kier alpha value is -3.43. The minimum Gasteiger partial charge on any atom is -0.487 e. The fourth-order valence-corrected chi connectivity index (χ4v) is 3.30. The first kappa shape index (κ1) is 17.0. The molecule has 2 aromatic heterocycles. The summed E-state index contributed by atoms with van der Waals surface area (Å²) in [4.78, 5) is 8.69. The molecule has 0 fully saturated rings. The number of hydrogen-bond donors (Lipinski definition) is 2. The van der Waals surface area contributed by atoms with Crippen LogP contribution in [-0.4, -0.2) is 16.5 Å². The third-order valence-corrected chi connectivity index (χ3v) is 4.62. The van der Waals surface area contributed by atoms with Gasteiger partial charge in [0.1, 0.15) is 29.8 Å². The van der Waals surface area contributed by atoms with Crippen LogP contribution in [0.15, 0.2) is 48.7 Å². The molecule has 0 spiro atoms. The van der Waals surface area contributed by atoms with E-state index in [-0.39, 0.29) is 0 Å². The van der Waals surface area contributed by atoms with Crippen molar-refractivity contribution >= 4 is 5.82 Å². The topological polar surface area (TPSA) is 96.9 Å². The van der Waals surface area contributed by atoms with Crippen molar-refractivity contribution in [1.82, 2.24) is 15.3 Å². The molecule has 134 valence electrons. The van der Waals surface area contributed by atoms with Crippen LogP contribution in [0.1, 0.15) is 22.5 Å². The molecule has 3 aromatic rings. The fourth-order valence-electron chi connectivity index (χ4n) is 3.30. The number of nitrogens with two attached hydrogens (primary N) is 1. The van der Waals surface area contributed by atoms with E-state index >= 15 is 0 Å². The minimum absolute atomic E-state index is 0.295. The predicted molar refractivity (Wildman–Crippen MR) is 103 cm³/mol. The summed E-state index contributed by atoms with van der Waals surface area (Å²) < 4.78 is 5.80. The fraction of sp³-hybridized carbons (Fsp3) is 0.190. The third kappa shape index (κ3) is 3.46. The van der Waals surface area contributed by atoms with Gasteiger partial charge in [-0.25, -0.2) is 4.98 Å². The second-order valence-corrected chi connectivity index (χ2v) is 6.34. The summed E-state index contributed by atoms with van der Waals surface area (Å²) in [5.41, 5.74) is 11.2. The standard InChI is InChI=1S/C21H19N5O/c22-11-17-20(18-12-24-10-8-19(18)26-21(17)23)14-4-6-16(7-5-14)27-13-15-3-1-2-9-25-15/h1-7,9,24H,8,10,12-13H2,(H2,23,26). The zero-order chi connectivity index (χ0) is 18.6. The molecule has 0 saturated carbocycles. The Kier molecular flexibility index (Phi) is 4.69. The van der Waals surface area contributed by atoms with E-state index in [9.17, 15) is 5.26 Å². The summed E-state index contributed by atoms with van der Waals surface area (Å²) in [5, 5.41) is 13.0. The number of fused-ring (bicyclic) bond motifs is 1. The zero-order valence-corrected chi connectivity index (χ0v) is 14.8. The maximum absolute atomic E-state index is 9.60. The van der Waals surface area contributed by atoms with E-state index in [4.69, 9.17) is 10.5 Å². The Morgan fingerprint density at radius 1 is 1.19 bits per heavy atom. The Labute approximate surface area is 157 Å². The highest BCUT2D eigenvalue weighted by Crippen LogP contribution is 2.34. The van der Waals surface area contributed by atoms with Gasteiger partial charge in [0.05, 0.1) is 5.69 Å². The van der Waals surface area contributed by atoms with Crippen molar-refractivity contribution in [3.05, 3.63) is 71.2 Å². The number of anilines is 1. The van der Waals surface area contributed by atoms with E-state index in [1.807, 2.05) is 42.5 Å². The molecule has 6 heteroatoms. The second kappa shape index (κ2) is 7.44. The van der Waals surface area contributed by atoms with Gasteiger partial charge in [0.25, 0.3) is 0 Å². The number of ether oxygens (including phenoxy) is 1. The predicted octanol–water partition coefficient (Wildman–Crippen LogP) is 2.82. The number of rotatable bonds is 4. The molecule has 6 nitrogen and oxygen atoms in total. The van der Waals surface area contributed by atoms with Crippen LogP contribution in [0.25, 0.3) is 11.1 Å². The first-order valence-corrected chi connectivity index (χ1v) is 8.81. The number of nitriles is 1. The molecule has 0 aliphatic carbocycles. The highest BCUT2D eigenvalue weighted by Gasteiger charge is 2.21. The van der Waals surface area contributed by atoms with E-state index in [1.54, 1.807) is 6.20 Å². The second-order valence-electron chi connectivity index (χ2n) is 6.34. The maximum Gasteiger partial charge on any atom is 0.142 e. The van der Waals surface area contributed by atoms with Crippen LogP contribution >= 0.6 is 0 Å². The van der Waals surface area contributed by atoms with Crippen molar-refractivity contribution in [2.24, 2.45) is 0 Å². The summed E-state index contributed by atoms with van der Waals surface area (Å²) in [6.07, 6.45) is 2.56. The molecule has 4 rings (SSSR count). The van der Waals surface area contributed by atoms with Gasteiger partial charge >= 0.3 is 0 Å². The SMILES string of the molecule is N#Cc1c(N)nc2c(c1-c1ccc(OCc3ccccn3)cc1)CNCC2. The number of nitrogens with zero attached hydrogens (tertiary/aromatic N) is 3. The van der Waals surface area contributed by atoms with Crippen molar-refractivity contribution in [3.8, 4) is 22.9 Å². The van der Waals surface area contributed by atoms with E-state index in [0.717, 1.165) is 46.8 Å². The van der Waals surface area contributed by atoms with Gasteiger partial charge in [-0.05, 0) is 35.4 Å². The van der Waals surface area contributed by atoms with Crippen LogP contribution in [-0.2, 0) is 19.6 Å². The summed E-state index contributed by atoms with van der Waals surface area (Å²) in [5.74, 6) is 1.04. The Morgan fingerprint density at radius 3 is 2.78 bits per heavy atom. The molecule has 3 N–H and O–H groups in total. The molecule has 1 aromatic carbocycles. The van der Waals surface area contributed by atoms with Gasteiger partial charge in [-0.1, -0.05) is 18.2 Å². The monoisotopic (exact) mass is 357 g/mol. The summed E-state index contributed by atoms with van der Waals surface area (Å²) in [6.45, 7) is 1.96. The van der Waals surface area contributed by atoms with Crippen molar-refractivity contribution in [2.75, 3.05) is 12.3 Å². The molecule has 0 bridgehead atoms. The van der Waals surface area contributed by atoms with Gasteiger partial charge < -0.3 is 15.8 Å². The van der Waals surface area contributed by atoms with E-state index < -0.39 is 0 Å².